The standard InChI is InChI=1S/C22H27N3O2/c1-16(2)23-21(26)17-7-6-8-18(15-17)22(27)24-19-9-11-20(12-10-19)25-13-4-3-5-14-25/h6-12,15-16H,3-5,13-14H2,1-2H3,(H,23,26)(H,24,27). The lowest BCUT2D eigenvalue weighted by Gasteiger charge is -2.28. The number of hydrogen-bond acceptors (Lipinski definition) is 3. The van der Waals surface area contributed by atoms with E-state index in [1.807, 2.05) is 38.1 Å². The molecular weight excluding hydrogens is 338 g/mol. The van der Waals surface area contributed by atoms with E-state index in [-0.39, 0.29) is 17.9 Å². The van der Waals surface area contributed by atoms with E-state index in [4.69, 9.17) is 0 Å². The third-order valence-corrected chi connectivity index (χ3v) is 4.65. The number of anilines is 2. The molecule has 0 aromatic heterocycles. The third kappa shape index (κ3) is 5.09. The van der Waals surface area contributed by atoms with Crippen molar-refractivity contribution in [1.82, 2.24) is 5.32 Å². The molecule has 5 nitrogen and oxygen atoms in total. The fourth-order valence-corrected chi connectivity index (χ4v) is 3.26. The van der Waals surface area contributed by atoms with E-state index in [0.29, 0.717) is 11.1 Å². The highest BCUT2D eigenvalue weighted by molar-refractivity contribution is 6.06. The number of nitrogens with zero attached hydrogens (tertiary/aromatic N) is 1. The molecule has 1 fully saturated rings. The van der Waals surface area contributed by atoms with E-state index in [0.717, 1.165) is 18.8 Å². The maximum Gasteiger partial charge on any atom is 0.255 e. The molecule has 2 aromatic carbocycles. The number of carbonyl (C=O) groups excluding carboxylic acids is 2. The second-order valence-electron chi connectivity index (χ2n) is 7.26. The van der Waals surface area contributed by atoms with Crippen LogP contribution in [0, 0.1) is 0 Å². The maximum atomic E-state index is 12.5. The molecule has 5 heteroatoms. The van der Waals surface area contributed by atoms with Gasteiger partial charge in [-0.3, -0.25) is 9.59 Å². The van der Waals surface area contributed by atoms with Crippen LogP contribution in [0.2, 0.25) is 0 Å². The highest BCUT2D eigenvalue weighted by Gasteiger charge is 2.13. The van der Waals surface area contributed by atoms with Crippen molar-refractivity contribution in [2.75, 3.05) is 23.3 Å². The molecule has 0 unspecified atom stereocenters. The van der Waals surface area contributed by atoms with Crippen LogP contribution in [0.15, 0.2) is 48.5 Å². The van der Waals surface area contributed by atoms with Gasteiger partial charge in [-0.05, 0) is 75.6 Å². The molecule has 0 atom stereocenters. The zero-order valence-corrected chi connectivity index (χ0v) is 16.0. The Balaban J connectivity index is 1.65. The summed E-state index contributed by atoms with van der Waals surface area (Å²) in [6.07, 6.45) is 3.78. The summed E-state index contributed by atoms with van der Waals surface area (Å²) in [5, 5.41) is 5.74. The summed E-state index contributed by atoms with van der Waals surface area (Å²) in [6, 6.07) is 14.8. The SMILES string of the molecule is CC(C)NC(=O)c1cccc(C(=O)Nc2ccc(N3CCCCC3)cc2)c1. The van der Waals surface area contributed by atoms with Gasteiger partial charge in [0, 0.05) is 41.6 Å². The van der Waals surface area contributed by atoms with Crippen molar-refractivity contribution >= 4 is 23.2 Å². The van der Waals surface area contributed by atoms with E-state index in [2.05, 4.69) is 15.5 Å². The summed E-state index contributed by atoms with van der Waals surface area (Å²) in [7, 11) is 0. The van der Waals surface area contributed by atoms with Gasteiger partial charge in [-0.1, -0.05) is 6.07 Å². The summed E-state index contributed by atoms with van der Waals surface area (Å²) in [6.45, 7) is 6.00. The molecule has 142 valence electrons. The number of carbonyl (C=O) groups is 2. The summed E-state index contributed by atoms with van der Waals surface area (Å²) in [5.41, 5.74) is 2.89. The zero-order valence-electron chi connectivity index (χ0n) is 16.0. The molecular formula is C22H27N3O2. The van der Waals surface area contributed by atoms with Crippen molar-refractivity contribution in [1.29, 1.82) is 0 Å². The van der Waals surface area contributed by atoms with Crippen molar-refractivity contribution in [3.63, 3.8) is 0 Å². The quantitative estimate of drug-likeness (QED) is 0.840. The monoisotopic (exact) mass is 365 g/mol. The average molecular weight is 365 g/mol. The van der Waals surface area contributed by atoms with Crippen LogP contribution in [-0.2, 0) is 0 Å². The molecule has 3 rings (SSSR count). The molecule has 0 bridgehead atoms. The predicted molar refractivity (Wildman–Crippen MR) is 110 cm³/mol. The van der Waals surface area contributed by atoms with Crippen molar-refractivity contribution in [3.05, 3.63) is 59.7 Å². The van der Waals surface area contributed by atoms with Crippen molar-refractivity contribution in [2.45, 2.75) is 39.2 Å². The van der Waals surface area contributed by atoms with Crippen molar-refractivity contribution in [2.24, 2.45) is 0 Å². The molecule has 0 saturated carbocycles. The van der Waals surface area contributed by atoms with Crippen molar-refractivity contribution in [3.8, 4) is 0 Å². The largest absolute Gasteiger partial charge is 0.372 e. The van der Waals surface area contributed by atoms with Crippen LogP contribution in [0.3, 0.4) is 0 Å². The average Bonchev–Trinajstić information content (AvgIpc) is 2.69. The highest BCUT2D eigenvalue weighted by Crippen LogP contribution is 2.22. The number of hydrogen-bond donors (Lipinski definition) is 2. The molecule has 0 aliphatic carbocycles. The van der Waals surface area contributed by atoms with Gasteiger partial charge in [0.2, 0.25) is 0 Å². The number of amides is 2. The fraction of sp³-hybridized carbons (Fsp3) is 0.364. The Kier molecular flexibility index (Phi) is 6.12. The van der Waals surface area contributed by atoms with E-state index in [1.165, 1.54) is 24.9 Å². The minimum Gasteiger partial charge on any atom is -0.372 e. The maximum absolute atomic E-state index is 12.5. The van der Waals surface area contributed by atoms with Gasteiger partial charge in [-0.2, -0.15) is 0 Å². The van der Waals surface area contributed by atoms with Crippen LogP contribution < -0.4 is 15.5 Å². The summed E-state index contributed by atoms with van der Waals surface area (Å²) in [5.74, 6) is -0.398. The van der Waals surface area contributed by atoms with Gasteiger partial charge in [0.05, 0.1) is 0 Å². The first kappa shape index (κ1) is 19.0. The first-order valence-electron chi connectivity index (χ1n) is 9.60. The summed E-state index contributed by atoms with van der Waals surface area (Å²) < 4.78 is 0. The van der Waals surface area contributed by atoms with E-state index in [1.54, 1.807) is 24.3 Å². The lowest BCUT2D eigenvalue weighted by molar-refractivity contribution is 0.0943. The Labute approximate surface area is 160 Å². The first-order valence-corrected chi connectivity index (χ1v) is 9.60. The summed E-state index contributed by atoms with van der Waals surface area (Å²) in [4.78, 5) is 27.1. The predicted octanol–water partition coefficient (Wildman–Crippen LogP) is 4.07. The molecule has 1 aliphatic rings. The topological polar surface area (TPSA) is 61.4 Å². The van der Waals surface area contributed by atoms with Crippen LogP contribution in [-0.4, -0.2) is 30.9 Å². The zero-order chi connectivity index (χ0) is 19.2. The minimum absolute atomic E-state index is 0.0494. The summed E-state index contributed by atoms with van der Waals surface area (Å²) >= 11 is 0. The molecule has 1 aliphatic heterocycles. The Morgan fingerprint density at radius 1 is 0.889 bits per heavy atom. The molecule has 27 heavy (non-hydrogen) atoms. The lowest BCUT2D eigenvalue weighted by atomic mass is 10.1. The first-order chi connectivity index (χ1) is 13.0. The fourth-order valence-electron chi connectivity index (χ4n) is 3.26. The minimum atomic E-state index is -0.222. The molecule has 2 N–H and O–H groups in total. The molecule has 1 saturated heterocycles. The number of nitrogens with one attached hydrogen (secondary N) is 2. The Morgan fingerprint density at radius 3 is 2.15 bits per heavy atom. The van der Waals surface area contributed by atoms with Gasteiger partial charge in [0.25, 0.3) is 11.8 Å². The number of benzene rings is 2. The van der Waals surface area contributed by atoms with Crippen LogP contribution in [0.25, 0.3) is 0 Å². The molecule has 2 aromatic rings. The van der Waals surface area contributed by atoms with Crippen LogP contribution >= 0.6 is 0 Å². The smallest absolute Gasteiger partial charge is 0.255 e. The van der Waals surface area contributed by atoms with Crippen LogP contribution in [0.5, 0.6) is 0 Å². The van der Waals surface area contributed by atoms with Gasteiger partial charge in [0.1, 0.15) is 0 Å². The van der Waals surface area contributed by atoms with Gasteiger partial charge in [0.15, 0.2) is 0 Å². The Morgan fingerprint density at radius 2 is 1.52 bits per heavy atom. The second-order valence-corrected chi connectivity index (χ2v) is 7.26. The third-order valence-electron chi connectivity index (χ3n) is 4.65. The van der Waals surface area contributed by atoms with Crippen LogP contribution in [0.1, 0.15) is 53.8 Å². The molecule has 1 heterocycles. The molecule has 0 radical (unpaired) electrons. The number of rotatable bonds is 5. The van der Waals surface area contributed by atoms with E-state index >= 15 is 0 Å². The Hall–Kier alpha value is -2.82. The van der Waals surface area contributed by atoms with Gasteiger partial charge < -0.3 is 15.5 Å². The van der Waals surface area contributed by atoms with E-state index in [9.17, 15) is 9.59 Å². The normalized spacial score (nSPS) is 14.1. The van der Waals surface area contributed by atoms with Gasteiger partial charge >= 0.3 is 0 Å². The van der Waals surface area contributed by atoms with Gasteiger partial charge in [-0.25, -0.2) is 0 Å². The lowest BCUT2D eigenvalue weighted by Crippen LogP contribution is -2.30. The van der Waals surface area contributed by atoms with E-state index < -0.39 is 0 Å². The second kappa shape index (κ2) is 8.71. The Bertz CT molecular complexity index is 793. The highest BCUT2D eigenvalue weighted by atomic mass is 16.2. The molecule has 0 spiro atoms. The van der Waals surface area contributed by atoms with Gasteiger partial charge in [-0.15, -0.1) is 0 Å². The van der Waals surface area contributed by atoms with Crippen molar-refractivity contribution < 1.29 is 9.59 Å². The number of piperidine rings is 1. The van der Waals surface area contributed by atoms with Crippen LogP contribution in [0.4, 0.5) is 11.4 Å². The molecule has 2 amide bonds.